The van der Waals surface area contributed by atoms with Crippen molar-refractivity contribution in [2.75, 3.05) is 11.9 Å². The Balaban J connectivity index is 1.66. The number of aryl methyl sites for hydroxylation is 1. The molecule has 0 aliphatic carbocycles. The molecular formula is C14H20N6OS. The van der Waals surface area contributed by atoms with E-state index < -0.39 is 0 Å². The molecule has 0 saturated carbocycles. The number of aromatic nitrogens is 4. The standard InChI is InChI=1S/C14H20N6OS/c1-4-19-8-15-10-7-20(6-5-11(10)19)14(21)17-13-16-12(9(2)3)18-22-13/h8-9H,4-7H2,1-3H3,(H,16,17,18,21). The van der Waals surface area contributed by atoms with E-state index in [1.807, 2.05) is 20.2 Å². The maximum absolute atomic E-state index is 12.4. The van der Waals surface area contributed by atoms with Gasteiger partial charge in [-0.2, -0.15) is 4.37 Å². The van der Waals surface area contributed by atoms with Crippen molar-refractivity contribution in [1.82, 2.24) is 23.8 Å². The lowest BCUT2D eigenvalue weighted by Crippen LogP contribution is -2.39. The minimum absolute atomic E-state index is 0.136. The fourth-order valence-corrected chi connectivity index (χ4v) is 3.21. The molecule has 3 rings (SSSR count). The number of hydrogen-bond donors (Lipinski definition) is 1. The lowest BCUT2D eigenvalue weighted by Gasteiger charge is -2.26. The summed E-state index contributed by atoms with van der Waals surface area (Å²) in [5, 5.41) is 3.39. The zero-order valence-electron chi connectivity index (χ0n) is 13.0. The van der Waals surface area contributed by atoms with Crippen LogP contribution in [-0.4, -0.2) is 36.4 Å². The first kappa shape index (κ1) is 15.0. The molecule has 0 spiro atoms. The number of nitrogens with zero attached hydrogens (tertiary/aromatic N) is 5. The summed E-state index contributed by atoms with van der Waals surface area (Å²) >= 11 is 1.22. The van der Waals surface area contributed by atoms with Crippen LogP contribution in [0.25, 0.3) is 0 Å². The van der Waals surface area contributed by atoms with E-state index >= 15 is 0 Å². The predicted octanol–water partition coefficient (Wildman–Crippen LogP) is 2.47. The molecule has 118 valence electrons. The number of rotatable bonds is 3. The van der Waals surface area contributed by atoms with E-state index in [0.717, 1.165) is 24.5 Å². The van der Waals surface area contributed by atoms with Gasteiger partial charge in [0.05, 0.1) is 18.6 Å². The van der Waals surface area contributed by atoms with Crippen LogP contribution in [0.4, 0.5) is 9.93 Å². The highest BCUT2D eigenvalue weighted by Crippen LogP contribution is 2.21. The molecule has 0 saturated heterocycles. The van der Waals surface area contributed by atoms with Crippen molar-refractivity contribution in [2.24, 2.45) is 0 Å². The van der Waals surface area contributed by atoms with Crippen molar-refractivity contribution >= 4 is 22.7 Å². The van der Waals surface area contributed by atoms with Gasteiger partial charge in [0.25, 0.3) is 0 Å². The van der Waals surface area contributed by atoms with Gasteiger partial charge in [-0.3, -0.25) is 5.32 Å². The molecule has 1 aliphatic heterocycles. The second-order valence-electron chi connectivity index (χ2n) is 5.64. The fourth-order valence-electron chi connectivity index (χ4n) is 2.51. The van der Waals surface area contributed by atoms with E-state index in [0.29, 0.717) is 18.2 Å². The molecule has 0 fully saturated rings. The van der Waals surface area contributed by atoms with Gasteiger partial charge in [0.15, 0.2) is 0 Å². The van der Waals surface area contributed by atoms with E-state index in [2.05, 4.69) is 31.1 Å². The van der Waals surface area contributed by atoms with Gasteiger partial charge in [-0.1, -0.05) is 13.8 Å². The van der Waals surface area contributed by atoms with Crippen LogP contribution in [0.2, 0.25) is 0 Å². The molecule has 1 aliphatic rings. The monoisotopic (exact) mass is 320 g/mol. The topological polar surface area (TPSA) is 75.9 Å². The van der Waals surface area contributed by atoms with Crippen LogP contribution in [-0.2, 0) is 19.5 Å². The van der Waals surface area contributed by atoms with Gasteiger partial charge in [0.2, 0.25) is 5.13 Å². The Bertz CT molecular complexity index is 677. The third-order valence-corrected chi connectivity index (χ3v) is 4.44. The highest BCUT2D eigenvalue weighted by Gasteiger charge is 2.24. The first-order chi connectivity index (χ1) is 10.6. The van der Waals surface area contributed by atoms with Crippen LogP contribution < -0.4 is 5.32 Å². The molecule has 0 aromatic carbocycles. The van der Waals surface area contributed by atoms with E-state index in [1.165, 1.54) is 17.2 Å². The quantitative estimate of drug-likeness (QED) is 0.942. The number of nitrogens with one attached hydrogen (secondary N) is 1. The summed E-state index contributed by atoms with van der Waals surface area (Å²) in [5.74, 6) is 1.03. The molecule has 0 unspecified atom stereocenters. The Kier molecular flexibility index (Phi) is 4.10. The Morgan fingerprint density at radius 3 is 3.00 bits per heavy atom. The summed E-state index contributed by atoms with van der Waals surface area (Å²) in [7, 11) is 0. The molecule has 7 nitrogen and oxygen atoms in total. The third kappa shape index (κ3) is 2.83. The Morgan fingerprint density at radius 2 is 2.32 bits per heavy atom. The third-order valence-electron chi connectivity index (χ3n) is 3.79. The van der Waals surface area contributed by atoms with Crippen molar-refractivity contribution in [3.63, 3.8) is 0 Å². The number of imidazole rings is 1. The number of amides is 2. The van der Waals surface area contributed by atoms with Crippen molar-refractivity contribution in [3.8, 4) is 0 Å². The molecule has 2 aromatic rings. The summed E-state index contributed by atoms with van der Waals surface area (Å²) < 4.78 is 6.39. The first-order valence-corrected chi connectivity index (χ1v) is 8.28. The normalized spacial score (nSPS) is 14.3. The lowest BCUT2D eigenvalue weighted by atomic mass is 10.1. The van der Waals surface area contributed by atoms with Crippen LogP contribution in [0.1, 0.15) is 43.9 Å². The van der Waals surface area contributed by atoms with Gasteiger partial charge in [-0.15, -0.1) is 0 Å². The molecule has 22 heavy (non-hydrogen) atoms. The smallest absolute Gasteiger partial charge is 0.324 e. The van der Waals surface area contributed by atoms with Crippen molar-refractivity contribution < 1.29 is 4.79 Å². The fraction of sp³-hybridized carbons (Fsp3) is 0.571. The number of carbonyl (C=O) groups excluding carboxylic acids is 1. The number of anilines is 1. The Labute approximate surface area is 133 Å². The van der Waals surface area contributed by atoms with Crippen LogP contribution in [0.15, 0.2) is 6.33 Å². The highest BCUT2D eigenvalue weighted by molar-refractivity contribution is 7.09. The van der Waals surface area contributed by atoms with Crippen LogP contribution in [0, 0.1) is 0 Å². The zero-order chi connectivity index (χ0) is 15.7. The SMILES string of the molecule is CCn1cnc2c1CCN(C(=O)Nc1nc(C(C)C)ns1)C2. The Hall–Kier alpha value is -1.96. The number of hydrogen-bond acceptors (Lipinski definition) is 5. The first-order valence-electron chi connectivity index (χ1n) is 7.51. The van der Waals surface area contributed by atoms with Gasteiger partial charge < -0.3 is 9.47 Å². The highest BCUT2D eigenvalue weighted by atomic mass is 32.1. The minimum Gasteiger partial charge on any atom is -0.334 e. The summed E-state index contributed by atoms with van der Waals surface area (Å²) in [6.07, 6.45) is 2.69. The number of carbonyl (C=O) groups is 1. The largest absolute Gasteiger partial charge is 0.334 e. The molecule has 1 N–H and O–H groups in total. The van der Waals surface area contributed by atoms with E-state index in [-0.39, 0.29) is 11.9 Å². The van der Waals surface area contributed by atoms with Crippen molar-refractivity contribution in [2.45, 2.75) is 46.2 Å². The maximum Gasteiger partial charge on any atom is 0.324 e. The minimum atomic E-state index is -0.136. The molecule has 8 heteroatoms. The van der Waals surface area contributed by atoms with Gasteiger partial charge >= 0.3 is 6.03 Å². The van der Waals surface area contributed by atoms with Crippen molar-refractivity contribution in [1.29, 1.82) is 0 Å². The van der Waals surface area contributed by atoms with Crippen LogP contribution in [0.3, 0.4) is 0 Å². The second-order valence-corrected chi connectivity index (χ2v) is 6.39. The van der Waals surface area contributed by atoms with Crippen molar-refractivity contribution in [3.05, 3.63) is 23.5 Å². The van der Waals surface area contributed by atoms with Gasteiger partial charge in [0, 0.05) is 42.7 Å². The molecule has 0 bridgehead atoms. The van der Waals surface area contributed by atoms with E-state index in [9.17, 15) is 4.79 Å². The average molecular weight is 320 g/mol. The zero-order valence-corrected chi connectivity index (χ0v) is 13.9. The van der Waals surface area contributed by atoms with E-state index in [4.69, 9.17) is 0 Å². The molecule has 2 aromatic heterocycles. The number of fused-ring (bicyclic) bond motifs is 1. The molecule has 3 heterocycles. The second kappa shape index (κ2) is 6.04. The van der Waals surface area contributed by atoms with Gasteiger partial charge in [-0.05, 0) is 6.92 Å². The van der Waals surface area contributed by atoms with Crippen LogP contribution >= 0.6 is 11.5 Å². The lowest BCUT2D eigenvalue weighted by molar-refractivity contribution is 0.205. The maximum atomic E-state index is 12.4. The molecule has 0 radical (unpaired) electrons. The molecular weight excluding hydrogens is 300 g/mol. The summed E-state index contributed by atoms with van der Waals surface area (Å²) in [6.45, 7) is 8.32. The summed E-state index contributed by atoms with van der Waals surface area (Å²) in [4.78, 5) is 22.9. The van der Waals surface area contributed by atoms with Gasteiger partial charge in [0.1, 0.15) is 5.82 Å². The summed E-state index contributed by atoms with van der Waals surface area (Å²) in [6, 6.07) is -0.136. The van der Waals surface area contributed by atoms with Crippen LogP contribution in [0.5, 0.6) is 0 Å². The van der Waals surface area contributed by atoms with E-state index in [1.54, 1.807) is 4.90 Å². The number of urea groups is 1. The van der Waals surface area contributed by atoms with Gasteiger partial charge in [-0.25, -0.2) is 14.8 Å². The predicted molar refractivity (Wildman–Crippen MR) is 85.0 cm³/mol. The average Bonchev–Trinajstić information content (AvgIpc) is 3.12. The Morgan fingerprint density at radius 1 is 1.50 bits per heavy atom. The molecule has 2 amide bonds. The molecule has 0 atom stereocenters. The summed E-state index contributed by atoms with van der Waals surface area (Å²) in [5.41, 5.74) is 2.23.